The molecule has 0 saturated carbocycles. The Morgan fingerprint density at radius 2 is 2.00 bits per heavy atom. The summed E-state index contributed by atoms with van der Waals surface area (Å²) in [5.74, 6) is 0.630. The van der Waals surface area contributed by atoms with E-state index >= 15 is 0 Å². The normalized spacial score (nSPS) is 11.3. The van der Waals surface area contributed by atoms with Crippen LogP contribution >= 0.6 is 0 Å². The molecule has 3 nitrogen and oxygen atoms in total. The molecule has 0 fully saturated rings. The predicted octanol–water partition coefficient (Wildman–Crippen LogP) is 3.57. The summed E-state index contributed by atoms with van der Waals surface area (Å²) in [7, 11) is 2.06. The first-order valence-corrected chi connectivity index (χ1v) is 7.25. The average molecular weight is 272 g/mol. The van der Waals surface area contributed by atoms with E-state index < -0.39 is 0 Å². The molecule has 0 atom stereocenters. The van der Waals surface area contributed by atoms with E-state index in [1.54, 1.807) is 0 Å². The first kappa shape index (κ1) is 14.6. The largest absolute Gasteiger partial charge is 0.352 e. The van der Waals surface area contributed by atoms with Gasteiger partial charge in [0.05, 0.1) is 0 Å². The van der Waals surface area contributed by atoms with Crippen LogP contribution in [0.1, 0.15) is 41.9 Å². The lowest BCUT2D eigenvalue weighted by Crippen LogP contribution is -2.25. The monoisotopic (exact) mass is 272 g/mol. The molecule has 0 aliphatic heterocycles. The SMILES string of the molecule is Cc1c(C)n(C)c2ccc(C(=O)NCCC(C)C)cc12. The fraction of sp³-hybridized carbons (Fsp3) is 0.471. The molecule has 20 heavy (non-hydrogen) atoms. The van der Waals surface area contributed by atoms with Crippen LogP contribution in [0.2, 0.25) is 0 Å². The molecule has 1 amide bonds. The maximum atomic E-state index is 12.2. The number of hydrogen-bond acceptors (Lipinski definition) is 1. The van der Waals surface area contributed by atoms with Crippen LogP contribution in [0.15, 0.2) is 18.2 Å². The molecule has 0 saturated heterocycles. The maximum absolute atomic E-state index is 12.2. The zero-order valence-electron chi connectivity index (χ0n) is 13.1. The summed E-state index contributed by atoms with van der Waals surface area (Å²) < 4.78 is 2.17. The molecule has 0 radical (unpaired) electrons. The van der Waals surface area contributed by atoms with Crippen molar-refractivity contribution < 1.29 is 4.79 Å². The standard InChI is InChI=1S/C17H24N2O/c1-11(2)8-9-18-17(20)14-6-7-16-15(10-14)12(3)13(4)19(16)5/h6-7,10-11H,8-9H2,1-5H3,(H,18,20). The third-order valence-electron chi connectivity index (χ3n) is 4.08. The first-order valence-electron chi connectivity index (χ1n) is 7.25. The first-order chi connectivity index (χ1) is 9.41. The Kier molecular flexibility index (Phi) is 4.17. The number of nitrogens with one attached hydrogen (secondary N) is 1. The van der Waals surface area contributed by atoms with Gasteiger partial charge in [0.1, 0.15) is 0 Å². The summed E-state index contributed by atoms with van der Waals surface area (Å²) in [5, 5.41) is 4.16. The highest BCUT2D eigenvalue weighted by Gasteiger charge is 2.11. The van der Waals surface area contributed by atoms with Crippen molar-refractivity contribution in [3.8, 4) is 0 Å². The van der Waals surface area contributed by atoms with Crippen molar-refractivity contribution in [2.24, 2.45) is 13.0 Å². The lowest BCUT2D eigenvalue weighted by atomic mass is 10.1. The summed E-state index contributed by atoms with van der Waals surface area (Å²) in [6.45, 7) is 9.28. The Morgan fingerprint density at radius 1 is 1.30 bits per heavy atom. The number of benzene rings is 1. The van der Waals surface area contributed by atoms with E-state index in [0.717, 1.165) is 18.5 Å². The highest BCUT2D eigenvalue weighted by Crippen LogP contribution is 2.25. The number of carbonyl (C=O) groups is 1. The van der Waals surface area contributed by atoms with Crippen molar-refractivity contribution in [3.63, 3.8) is 0 Å². The number of nitrogens with zero attached hydrogens (tertiary/aromatic N) is 1. The van der Waals surface area contributed by atoms with Gasteiger partial charge in [0.15, 0.2) is 0 Å². The van der Waals surface area contributed by atoms with Crippen LogP contribution in [-0.4, -0.2) is 17.0 Å². The van der Waals surface area contributed by atoms with Gasteiger partial charge in [-0.1, -0.05) is 13.8 Å². The topological polar surface area (TPSA) is 34.0 Å². The second-order valence-corrected chi connectivity index (χ2v) is 5.94. The van der Waals surface area contributed by atoms with E-state index in [1.807, 2.05) is 18.2 Å². The van der Waals surface area contributed by atoms with Gasteiger partial charge in [0, 0.05) is 35.8 Å². The number of fused-ring (bicyclic) bond motifs is 1. The van der Waals surface area contributed by atoms with Crippen LogP contribution in [0.5, 0.6) is 0 Å². The number of hydrogen-bond donors (Lipinski definition) is 1. The third kappa shape index (κ3) is 2.72. The number of amides is 1. The summed E-state index contributed by atoms with van der Waals surface area (Å²) >= 11 is 0. The van der Waals surface area contributed by atoms with Gasteiger partial charge < -0.3 is 9.88 Å². The molecule has 0 unspecified atom stereocenters. The predicted molar refractivity (Wildman–Crippen MR) is 84.2 cm³/mol. The number of aromatic nitrogens is 1. The van der Waals surface area contributed by atoms with Crippen LogP contribution in [0.25, 0.3) is 10.9 Å². The van der Waals surface area contributed by atoms with Gasteiger partial charge in [-0.25, -0.2) is 0 Å². The van der Waals surface area contributed by atoms with Gasteiger partial charge in [-0.15, -0.1) is 0 Å². The van der Waals surface area contributed by atoms with Gasteiger partial charge in [-0.05, 0) is 49.9 Å². The van der Waals surface area contributed by atoms with E-state index in [-0.39, 0.29) is 5.91 Å². The van der Waals surface area contributed by atoms with Crippen LogP contribution in [0.4, 0.5) is 0 Å². The Morgan fingerprint density at radius 3 is 2.65 bits per heavy atom. The maximum Gasteiger partial charge on any atom is 0.251 e. The van der Waals surface area contributed by atoms with Crippen molar-refractivity contribution >= 4 is 16.8 Å². The van der Waals surface area contributed by atoms with E-state index in [4.69, 9.17) is 0 Å². The van der Waals surface area contributed by atoms with Crippen LogP contribution in [0, 0.1) is 19.8 Å². The minimum Gasteiger partial charge on any atom is -0.352 e. The van der Waals surface area contributed by atoms with Crippen molar-refractivity contribution in [1.29, 1.82) is 0 Å². The van der Waals surface area contributed by atoms with Crippen molar-refractivity contribution in [1.82, 2.24) is 9.88 Å². The molecule has 0 aliphatic carbocycles. The van der Waals surface area contributed by atoms with Crippen LogP contribution < -0.4 is 5.32 Å². The van der Waals surface area contributed by atoms with Gasteiger partial charge in [-0.2, -0.15) is 0 Å². The van der Waals surface area contributed by atoms with Gasteiger partial charge >= 0.3 is 0 Å². The second kappa shape index (κ2) is 5.70. The number of aryl methyl sites for hydroxylation is 2. The number of rotatable bonds is 4. The smallest absolute Gasteiger partial charge is 0.251 e. The van der Waals surface area contributed by atoms with Crippen LogP contribution in [-0.2, 0) is 7.05 Å². The molecule has 2 aromatic rings. The molecule has 0 bridgehead atoms. The zero-order chi connectivity index (χ0) is 14.9. The molecular weight excluding hydrogens is 248 g/mol. The molecular formula is C17H24N2O. The van der Waals surface area contributed by atoms with E-state index in [0.29, 0.717) is 5.92 Å². The highest BCUT2D eigenvalue weighted by atomic mass is 16.1. The highest BCUT2D eigenvalue weighted by molar-refractivity contribution is 5.99. The molecule has 1 heterocycles. The zero-order valence-corrected chi connectivity index (χ0v) is 13.1. The van der Waals surface area contributed by atoms with Gasteiger partial charge in [-0.3, -0.25) is 4.79 Å². The summed E-state index contributed by atoms with van der Waals surface area (Å²) in [6, 6.07) is 5.95. The quantitative estimate of drug-likeness (QED) is 0.907. The fourth-order valence-corrected chi connectivity index (χ4v) is 2.47. The second-order valence-electron chi connectivity index (χ2n) is 5.94. The molecule has 1 aromatic carbocycles. The van der Waals surface area contributed by atoms with E-state index in [1.165, 1.54) is 22.2 Å². The third-order valence-corrected chi connectivity index (χ3v) is 4.08. The molecule has 2 rings (SSSR count). The van der Waals surface area contributed by atoms with Crippen molar-refractivity contribution in [3.05, 3.63) is 35.0 Å². The minimum absolute atomic E-state index is 0.0217. The molecule has 1 N–H and O–H groups in total. The Labute approximate surface area is 121 Å². The number of carbonyl (C=O) groups excluding carboxylic acids is 1. The lowest BCUT2D eigenvalue weighted by Gasteiger charge is -2.07. The van der Waals surface area contributed by atoms with Crippen molar-refractivity contribution in [2.75, 3.05) is 6.54 Å². The summed E-state index contributed by atoms with van der Waals surface area (Å²) in [6.07, 6.45) is 1.01. The Bertz CT molecular complexity index is 638. The fourth-order valence-electron chi connectivity index (χ4n) is 2.47. The molecule has 3 heteroatoms. The van der Waals surface area contributed by atoms with Crippen LogP contribution in [0.3, 0.4) is 0 Å². The van der Waals surface area contributed by atoms with Crippen molar-refractivity contribution in [2.45, 2.75) is 34.1 Å². The Hall–Kier alpha value is -1.77. The Balaban J connectivity index is 2.23. The molecule has 1 aromatic heterocycles. The summed E-state index contributed by atoms with van der Waals surface area (Å²) in [5.41, 5.74) is 4.42. The lowest BCUT2D eigenvalue weighted by molar-refractivity contribution is 0.0952. The molecule has 0 spiro atoms. The van der Waals surface area contributed by atoms with Gasteiger partial charge in [0.2, 0.25) is 0 Å². The minimum atomic E-state index is 0.0217. The molecule has 0 aliphatic rings. The molecule has 108 valence electrons. The van der Waals surface area contributed by atoms with Gasteiger partial charge in [0.25, 0.3) is 5.91 Å². The average Bonchev–Trinajstić information content (AvgIpc) is 2.63. The van der Waals surface area contributed by atoms with E-state index in [2.05, 4.69) is 44.6 Å². The summed E-state index contributed by atoms with van der Waals surface area (Å²) in [4.78, 5) is 12.2. The van der Waals surface area contributed by atoms with E-state index in [9.17, 15) is 4.79 Å².